The Bertz CT molecular complexity index is 736. The third-order valence-electron chi connectivity index (χ3n) is 4.32. The summed E-state index contributed by atoms with van der Waals surface area (Å²) in [6, 6.07) is 7.77. The van der Waals surface area contributed by atoms with Crippen LogP contribution in [0.5, 0.6) is 11.5 Å². The molecule has 2 aromatic carbocycles. The minimum absolute atomic E-state index is 0.0286. The van der Waals surface area contributed by atoms with Crippen molar-refractivity contribution in [3.63, 3.8) is 0 Å². The van der Waals surface area contributed by atoms with Crippen molar-refractivity contribution in [2.24, 2.45) is 0 Å². The van der Waals surface area contributed by atoms with Gasteiger partial charge in [0.2, 0.25) is 0 Å². The van der Waals surface area contributed by atoms with Crippen molar-refractivity contribution in [2.45, 2.75) is 32.0 Å². The molecule has 2 nitrogen and oxygen atoms in total. The molecule has 1 aliphatic rings. The van der Waals surface area contributed by atoms with Crippen molar-refractivity contribution in [2.75, 3.05) is 0 Å². The first-order valence-electron chi connectivity index (χ1n) is 6.93. The molecule has 0 fully saturated rings. The number of ether oxygens (including phenoxy) is 1. The lowest BCUT2D eigenvalue weighted by Crippen LogP contribution is -2.17. The van der Waals surface area contributed by atoms with Crippen LogP contribution in [0.1, 0.15) is 33.4 Å². The number of benzene rings is 2. The standard InChI is InChI=1S/C18H17BrO2/c1-10-5-14(16(20)7-12(10)3)18(19)9-21-17-8-13(4)11(2)6-15(17)18/h5-9H,1-4H3. The highest BCUT2D eigenvalue weighted by molar-refractivity contribution is 9.09. The molecule has 108 valence electrons. The van der Waals surface area contributed by atoms with E-state index >= 15 is 0 Å². The molecule has 0 saturated heterocycles. The Kier molecular flexibility index (Phi) is 3.28. The summed E-state index contributed by atoms with van der Waals surface area (Å²) in [5.41, 5.74) is 6.18. The van der Waals surface area contributed by atoms with Gasteiger partial charge in [0, 0.05) is 11.1 Å². The molecule has 1 heterocycles. The Morgan fingerprint density at radius 3 is 2.05 bits per heavy atom. The van der Waals surface area contributed by atoms with E-state index in [9.17, 15) is 5.11 Å². The quantitative estimate of drug-likeness (QED) is 0.649. The Balaban J connectivity index is 2.22. The highest BCUT2D eigenvalue weighted by Crippen LogP contribution is 2.53. The lowest BCUT2D eigenvalue weighted by Gasteiger charge is -2.22. The van der Waals surface area contributed by atoms with Crippen molar-refractivity contribution in [3.05, 3.63) is 64.3 Å². The lowest BCUT2D eigenvalue weighted by atomic mass is 9.88. The second kappa shape index (κ2) is 4.77. The maximum absolute atomic E-state index is 12.4. The molecule has 1 aliphatic heterocycles. The number of aryl methyl sites for hydroxylation is 4. The topological polar surface area (TPSA) is 29.1 Å². The molecule has 0 aromatic heterocycles. The van der Waals surface area contributed by atoms with Crippen molar-refractivity contribution >= 4 is 15.9 Å². The average molecular weight is 345 g/mol. The van der Waals surface area contributed by atoms with Gasteiger partial charge in [0.1, 0.15) is 10.1 Å². The smallest absolute Gasteiger partial charge is 0.184 e. The highest BCUT2D eigenvalue weighted by Gasteiger charge is 2.43. The summed E-state index contributed by atoms with van der Waals surface area (Å²) in [6.45, 7) is 9.81. The molecule has 1 atom stereocenters. The zero-order chi connectivity index (χ0) is 15.4. The van der Waals surface area contributed by atoms with Gasteiger partial charge in [0.15, 0.2) is 12.4 Å². The summed E-state index contributed by atoms with van der Waals surface area (Å²) < 4.78 is 5.05. The molecule has 0 saturated carbocycles. The molecular weight excluding hydrogens is 328 g/mol. The van der Waals surface area contributed by atoms with Crippen LogP contribution in [0.25, 0.3) is 0 Å². The Hall–Kier alpha value is -1.48. The van der Waals surface area contributed by atoms with Gasteiger partial charge in [-0.25, -0.2) is 0 Å². The predicted molar refractivity (Wildman–Crippen MR) is 86.6 cm³/mol. The van der Waals surface area contributed by atoms with Gasteiger partial charge in [0.25, 0.3) is 0 Å². The van der Waals surface area contributed by atoms with Crippen LogP contribution in [-0.4, -0.2) is 0 Å². The van der Waals surface area contributed by atoms with E-state index in [0.29, 0.717) is 5.56 Å². The third kappa shape index (κ3) is 2.15. The van der Waals surface area contributed by atoms with Gasteiger partial charge in [-0.05, 0) is 62.1 Å². The number of fused-ring (bicyclic) bond motifs is 1. The number of rotatable bonds is 1. The number of hydrogen-bond acceptors (Lipinski definition) is 1. The van der Waals surface area contributed by atoms with Gasteiger partial charge in [-0.1, -0.05) is 28.1 Å². The minimum atomic E-state index is -0.670. The van der Waals surface area contributed by atoms with Crippen LogP contribution < -0.4 is 4.74 Å². The molecule has 0 aliphatic carbocycles. The first kappa shape index (κ1) is 14.5. The molecule has 2 aromatic rings. The van der Waals surface area contributed by atoms with Crippen LogP contribution >= 0.6 is 15.9 Å². The Morgan fingerprint density at radius 1 is 0.857 bits per heavy atom. The Morgan fingerprint density at radius 2 is 1.38 bits per heavy atom. The zero-order valence-corrected chi connectivity index (χ0v) is 14.2. The van der Waals surface area contributed by atoms with Crippen molar-refractivity contribution in [3.8, 4) is 11.5 Å². The van der Waals surface area contributed by atoms with E-state index in [0.717, 1.165) is 22.4 Å². The fraction of sp³-hybridized carbons (Fsp3) is 0.278. The first-order chi connectivity index (χ1) is 9.83. The van der Waals surface area contributed by atoms with Gasteiger partial charge in [0.05, 0.1) is 0 Å². The Labute approximate surface area is 133 Å². The van der Waals surface area contributed by atoms with Crippen LogP contribution in [-0.2, 0) is 9.43 Å². The van der Waals surface area contributed by atoms with Crippen LogP contribution in [0.2, 0.25) is 0 Å². The predicted octanol–water partition coefficient (Wildman–Crippen LogP) is 5.26. The van der Waals surface area contributed by atoms with E-state index in [-0.39, 0.29) is 5.75 Å². The van der Waals surface area contributed by atoms with Crippen LogP contribution in [0, 0.1) is 34.3 Å². The van der Waals surface area contributed by atoms with Crippen LogP contribution in [0.15, 0.2) is 24.3 Å². The normalized spacial score (nSPS) is 20.2. The van der Waals surface area contributed by atoms with Gasteiger partial charge in [-0.3, -0.25) is 5.11 Å². The lowest BCUT2D eigenvalue weighted by molar-refractivity contribution is 0.344. The summed E-state index contributed by atoms with van der Waals surface area (Å²) >= 11 is 3.74. The van der Waals surface area contributed by atoms with Crippen molar-refractivity contribution in [1.29, 1.82) is 0 Å². The van der Waals surface area contributed by atoms with E-state index in [1.54, 1.807) is 12.7 Å². The fourth-order valence-electron chi connectivity index (χ4n) is 2.66. The molecular formula is C18H17BrO2. The largest absolute Gasteiger partial charge is 0.484 e. The van der Waals surface area contributed by atoms with Gasteiger partial charge < -0.3 is 4.74 Å². The SMILES string of the molecule is Cc1cc([O])c(C2(Br)[CH]Oc3cc(C)c(C)cc32)cc1C. The van der Waals surface area contributed by atoms with Crippen molar-refractivity contribution in [1.82, 2.24) is 0 Å². The molecule has 0 spiro atoms. The third-order valence-corrected chi connectivity index (χ3v) is 5.37. The summed E-state index contributed by atoms with van der Waals surface area (Å²) in [7, 11) is 0. The van der Waals surface area contributed by atoms with Crippen molar-refractivity contribution < 1.29 is 9.84 Å². The molecule has 0 amide bonds. The van der Waals surface area contributed by atoms with E-state index in [1.807, 2.05) is 26.0 Å². The molecule has 0 bridgehead atoms. The number of hydrogen-bond donors (Lipinski definition) is 0. The van der Waals surface area contributed by atoms with E-state index < -0.39 is 4.32 Å². The second-order valence-electron chi connectivity index (χ2n) is 5.81. The maximum Gasteiger partial charge on any atom is 0.184 e. The fourth-order valence-corrected chi connectivity index (χ4v) is 3.38. The average Bonchev–Trinajstić information content (AvgIpc) is 2.73. The second-order valence-corrected chi connectivity index (χ2v) is 7.06. The highest BCUT2D eigenvalue weighted by atomic mass is 79.9. The molecule has 2 radical (unpaired) electrons. The van der Waals surface area contributed by atoms with Crippen LogP contribution in [0.3, 0.4) is 0 Å². The number of halogens is 1. The molecule has 3 heteroatoms. The van der Waals surface area contributed by atoms with E-state index in [1.165, 1.54) is 11.1 Å². The molecule has 3 rings (SSSR count). The first-order valence-corrected chi connectivity index (χ1v) is 7.72. The van der Waals surface area contributed by atoms with Crippen LogP contribution in [0.4, 0.5) is 0 Å². The summed E-state index contributed by atoms with van der Waals surface area (Å²) in [5.74, 6) is 0.841. The van der Waals surface area contributed by atoms with E-state index in [2.05, 4.69) is 35.8 Å². The van der Waals surface area contributed by atoms with Gasteiger partial charge >= 0.3 is 0 Å². The maximum atomic E-state index is 12.4. The zero-order valence-electron chi connectivity index (χ0n) is 12.6. The minimum Gasteiger partial charge on any atom is -0.484 e. The number of alkyl halides is 1. The van der Waals surface area contributed by atoms with Gasteiger partial charge in [-0.15, -0.1) is 0 Å². The molecule has 0 N–H and O–H groups in total. The van der Waals surface area contributed by atoms with E-state index in [4.69, 9.17) is 4.74 Å². The summed E-state index contributed by atoms with van der Waals surface area (Å²) in [6.07, 6.45) is 0. The monoisotopic (exact) mass is 344 g/mol. The van der Waals surface area contributed by atoms with Gasteiger partial charge in [-0.2, -0.15) is 0 Å². The summed E-state index contributed by atoms with van der Waals surface area (Å²) in [4.78, 5) is 0. The molecule has 21 heavy (non-hydrogen) atoms. The molecule has 1 unspecified atom stereocenters. The summed E-state index contributed by atoms with van der Waals surface area (Å²) in [5, 5.41) is 12.4.